The largest absolute Gasteiger partial charge is 0.308 e. The summed E-state index contributed by atoms with van der Waals surface area (Å²) in [5.41, 5.74) is 0. The third-order valence-electron chi connectivity index (χ3n) is 3.29. The molecule has 20 heavy (non-hydrogen) atoms. The fraction of sp³-hybridized carbons (Fsp3) is 0.667. The Balaban J connectivity index is 2.08. The molecule has 0 radical (unpaired) electrons. The summed E-state index contributed by atoms with van der Waals surface area (Å²) in [6.45, 7) is 2.24. The minimum Gasteiger partial charge on any atom is -0.308 e. The van der Waals surface area contributed by atoms with Crippen LogP contribution in [0.5, 0.6) is 0 Å². The topological polar surface area (TPSA) is 84.3 Å². The Labute approximate surface area is 119 Å². The summed E-state index contributed by atoms with van der Waals surface area (Å²) in [5.74, 6) is 0.221. The normalized spacial score (nSPS) is 20.2. The molecule has 0 aliphatic carbocycles. The number of nitrogens with one attached hydrogen (secondary N) is 1. The lowest BCUT2D eigenvalue weighted by atomic mass is 10.2. The fourth-order valence-corrected chi connectivity index (χ4v) is 4.15. The second-order valence-corrected chi connectivity index (χ2v) is 6.99. The number of amides is 1. The second kappa shape index (κ2) is 5.92. The van der Waals surface area contributed by atoms with Crippen molar-refractivity contribution in [2.45, 2.75) is 32.2 Å². The van der Waals surface area contributed by atoms with Gasteiger partial charge in [0.1, 0.15) is 6.04 Å². The molecule has 0 spiro atoms. The van der Waals surface area contributed by atoms with E-state index in [1.807, 2.05) is 6.92 Å². The number of anilines is 1. The predicted molar refractivity (Wildman–Crippen MR) is 75.6 cm³/mol. The van der Waals surface area contributed by atoms with Crippen LogP contribution in [0.2, 0.25) is 0 Å². The molecule has 1 amide bonds. The average Bonchev–Trinajstić information content (AvgIpc) is 2.98. The highest BCUT2D eigenvalue weighted by Gasteiger charge is 2.38. The van der Waals surface area contributed by atoms with E-state index in [1.54, 1.807) is 24.0 Å². The van der Waals surface area contributed by atoms with Gasteiger partial charge in [0.15, 0.2) is 5.82 Å². The van der Waals surface area contributed by atoms with Crippen molar-refractivity contribution in [3.05, 3.63) is 12.3 Å². The lowest BCUT2D eigenvalue weighted by molar-refractivity contribution is -0.119. The molecule has 1 aromatic rings. The van der Waals surface area contributed by atoms with E-state index in [0.29, 0.717) is 31.6 Å². The summed E-state index contributed by atoms with van der Waals surface area (Å²) in [4.78, 5) is 12.2. The Morgan fingerprint density at radius 2 is 2.30 bits per heavy atom. The Morgan fingerprint density at radius 3 is 2.90 bits per heavy atom. The van der Waals surface area contributed by atoms with Crippen molar-refractivity contribution < 1.29 is 13.2 Å². The van der Waals surface area contributed by atoms with E-state index in [-0.39, 0.29) is 11.7 Å². The van der Waals surface area contributed by atoms with Gasteiger partial charge >= 0.3 is 0 Å². The minimum absolute atomic E-state index is 0.0837. The van der Waals surface area contributed by atoms with Gasteiger partial charge in [-0.1, -0.05) is 6.92 Å². The van der Waals surface area contributed by atoms with Crippen LogP contribution in [-0.2, 0) is 21.9 Å². The maximum Gasteiger partial charge on any atom is 0.244 e. The number of nitrogens with zero attached hydrogens (tertiary/aromatic N) is 3. The van der Waals surface area contributed by atoms with Crippen molar-refractivity contribution in [2.75, 3.05) is 17.6 Å². The number of aryl methyl sites for hydroxylation is 1. The van der Waals surface area contributed by atoms with Crippen molar-refractivity contribution in [1.82, 2.24) is 14.1 Å². The number of carbonyl (C=O) groups is 1. The third kappa shape index (κ3) is 3.18. The molecule has 0 bridgehead atoms. The van der Waals surface area contributed by atoms with Gasteiger partial charge < -0.3 is 5.32 Å². The molecule has 1 unspecified atom stereocenters. The van der Waals surface area contributed by atoms with Gasteiger partial charge in [-0.2, -0.15) is 9.40 Å². The number of carbonyl (C=O) groups excluding carboxylic acids is 1. The van der Waals surface area contributed by atoms with Crippen LogP contribution in [0.1, 0.15) is 26.2 Å². The van der Waals surface area contributed by atoms with Crippen molar-refractivity contribution in [1.29, 1.82) is 0 Å². The molecule has 1 atom stereocenters. The number of hydrogen-bond acceptors (Lipinski definition) is 4. The highest BCUT2D eigenvalue weighted by molar-refractivity contribution is 7.89. The van der Waals surface area contributed by atoms with Crippen molar-refractivity contribution in [3.63, 3.8) is 0 Å². The highest BCUT2D eigenvalue weighted by Crippen LogP contribution is 2.23. The summed E-state index contributed by atoms with van der Waals surface area (Å²) >= 11 is 0. The first kappa shape index (κ1) is 15.0. The standard InChI is InChI=1S/C12H20N4O3S/c1-3-9-20(18,19)16-7-4-5-10(16)12(17)13-11-6-8-15(2)14-11/h6,8,10H,3-5,7,9H2,1-2H3,(H,13,14,17). The van der Waals surface area contributed by atoms with Crippen LogP contribution in [-0.4, -0.2) is 46.8 Å². The lowest BCUT2D eigenvalue weighted by Crippen LogP contribution is -2.44. The van der Waals surface area contributed by atoms with E-state index in [1.165, 1.54) is 4.31 Å². The summed E-state index contributed by atoms with van der Waals surface area (Å²) < 4.78 is 27.2. The predicted octanol–water partition coefficient (Wildman–Crippen LogP) is 0.563. The summed E-state index contributed by atoms with van der Waals surface area (Å²) in [5, 5.41) is 6.73. The lowest BCUT2D eigenvalue weighted by Gasteiger charge is -2.22. The molecule has 8 heteroatoms. The van der Waals surface area contributed by atoms with Gasteiger partial charge in [0, 0.05) is 25.9 Å². The smallest absolute Gasteiger partial charge is 0.244 e. The van der Waals surface area contributed by atoms with Gasteiger partial charge in [0.05, 0.1) is 5.75 Å². The first-order chi connectivity index (χ1) is 9.44. The van der Waals surface area contributed by atoms with Crippen molar-refractivity contribution in [3.8, 4) is 0 Å². The van der Waals surface area contributed by atoms with Gasteiger partial charge in [-0.3, -0.25) is 9.48 Å². The molecule has 2 heterocycles. The van der Waals surface area contributed by atoms with Crippen LogP contribution in [0.4, 0.5) is 5.82 Å². The molecule has 0 saturated carbocycles. The first-order valence-electron chi connectivity index (χ1n) is 6.74. The molecule has 7 nitrogen and oxygen atoms in total. The van der Waals surface area contributed by atoms with E-state index >= 15 is 0 Å². The van der Waals surface area contributed by atoms with E-state index in [4.69, 9.17) is 0 Å². The van der Waals surface area contributed by atoms with Crippen LogP contribution in [0.15, 0.2) is 12.3 Å². The molecule has 1 fully saturated rings. The van der Waals surface area contributed by atoms with E-state index in [0.717, 1.165) is 0 Å². The first-order valence-corrected chi connectivity index (χ1v) is 8.35. The van der Waals surface area contributed by atoms with Gasteiger partial charge in [0.25, 0.3) is 0 Å². The number of hydrogen-bond donors (Lipinski definition) is 1. The van der Waals surface area contributed by atoms with E-state index < -0.39 is 16.1 Å². The van der Waals surface area contributed by atoms with E-state index in [2.05, 4.69) is 10.4 Å². The van der Waals surface area contributed by atoms with Gasteiger partial charge in [-0.15, -0.1) is 0 Å². The fourth-order valence-electron chi connectivity index (χ4n) is 2.40. The highest BCUT2D eigenvalue weighted by atomic mass is 32.2. The molecule has 112 valence electrons. The maximum absolute atomic E-state index is 12.2. The molecule has 1 aliphatic rings. The number of rotatable bonds is 5. The zero-order valence-electron chi connectivity index (χ0n) is 11.7. The number of sulfonamides is 1. The summed E-state index contributed by atoms with van der Waals surface area (Å²) in [7, 11) is -1.59. The van der Waals surface area contributed by atoms with Gasteiger partial charge in [0.2, 0.25) is 15.9 Å². The maximum atomic E-state index is 12.2. The molecule has 1 saturated heterocycles. The Hall–Kier alpha value is -1.41. The summed E-state index contributed by atoms with van der Waals surface area (Å²) in [6, 6.07) is 1.06. The van der Waals surface area contributed by atoms with Crippen LogP contribution in [0, 0.1) is 0 Å². The van der Waals surface area contributed by atoms with Crippen LogP contribution in [0.3, 0.4) is 0 Å². The second-order valence-electron chi connectivity index (χ2n) is 4.95. The molecule has 1 aromatic heterocycles. The average molecular weight is 300 g/mol. The zero-order chi connectivity index (χ0) is 14.8. The molecular formula is C12H20N4O3S. The van der Waals surface area contributed by atoms with Crippen LogP contribution in [0.25, 0.3) is 0 Å². The van der Waals surface area contributed by atoms with Gasteiger partial charge in [-0.25, -0.2) is 8.42 Å². The third-order valence-corrected chi connectivity index (χ3v) is 5.37. The molecule has 0 aromatic carbocycles. The van der Waals surface area contributed by atoms with Crippen molar-refractivity contribution in [2.24, 2.45) is 7.05 Å². The van der Waals surface area contributed by atoms with Crippen molar-refractivity contribution >= 4 is 21.7 Å². The Morgan fingerprint density at radius 1 is 1.55 bits per heavy atom. The molecular weight excluding hydrogens is 280 g/mol. The Bertz CT molecular complexity index is 581. The summed E-state index contributed by atoms with van der Waals surface area (Å²) in [6.07, 6.45) is 3.54. The SMILES string of the molecule is CCCS(=O)(=O)N1CCCC1C(=O)Nc1ccn(C)n1. The van der Waals surface area contributed by atoms with Crippen LogP contribution >= 0.6 is 0 Å². The van der Waals surface area contributed by atoms with Crippen LogP contribution < -0.4 is 5.32 Å². The monoisotopic (exact) mass is 300 g/mol. The minimum atomic E-state index is -3.34. The Kier molecular flexibility index (Phi) is 4.44. The quantitative estimate of drug-likeness (QED) is 0.861. The van der Waals surface area contributed by atoms with Gasteiger partial charge in [-0.05, 0) is 19.3 Å². The molecule has 1 N–H and O–H groups in total. The zero-order valence-corrected chi connectivity index (χ0v) is 12.6. The molecule has 2 rings (SSSR count). The number of aromatic nitrogens is 2. The molecule has 1 aliphatic heterocycles. The van der Waals surface area contributed by atoms with E-state index in [9.17, 15) is 13.2 Å².